The maximum absolute atomic E-state index is 4.24. The highest BCUT2D eigenvalue weighted by Gasteiger charge is 2.17. The van der Waals surface area contributed by atoms with Crippen molar-refractivity contribution in [3.05, 3.63) is 41.5 Å². The van der Waals surface area contributed by atoms with Gasteiger partial charge in [0.15, 0.2) is 5.82 Å². The molecular weight excluding hydrogens is 248 g/mol. The van der Waals surface area contributed by atoms with E-state index in [1.54, 1.807) is 0 Å². The van der Waals surface area contributed by atoms with Crippen molar-refractivity contribution in [3.63, 3.8) is 0 Å². The minimum Gasteiger partial charge on any atom is -0.377 e. The Bertz CT molecular complexity index is 578. The highest BCUT2D eigenvalue weighted by atomic mass is 15.3. The lowest BCUT2D eigenvalue weighted by atomic mass is 9.86. The molecule has 4 heteroatoms. The van der Waals surface area contributed by atoms with E-state index in [0.29, 0.717) is 6.54 Å². The Hall–Kier alpha value is -1.84. The Labute approximate surface area is 121 Å². The first-order chi connectivity index (χ1) is 9.43. The Morgan fingerprint density at radius 1 is 1.10 bits per heavy atom. The topological polar surface area (TPSA) is 42.7 Å². The lowest BCUT2D eigenvalue weighted by molar-refractivity contribution is 0.591. The lowest BCUT2D eigenvalue weighted by Crippen LogP contribution is -2.15. The molecule has 108 valence electrons. The molecule has 0 saturated carbocycles. The van der Waals surface area contributed by atoms with Gasteiger partial charge in [0.25, 0.3) is 0 Å². The molecule has 1 N–H and O–H groups in total. The van der Waals surface area contributed by atoms with Crippen molar-refractivity contribution in [3.8, 4) is 0 Å². The van der Waals surface area contributed by atoms with Crippen LogP contribution < -0.4 is 5.32 Å². The smallest absolute Gasteiger partial charge is 0.152 e. The molecule has 0 bridgehead atoms. The van der Waals surface area contributed by atoms with Crippen molar-refractivity contribution in [2.75, 3.05) is 5.32 Å². The molecule has 0 spiro atoms. The maximum atomic E-state index is 4.24. The normalized spacial score (nSPS) is 11.7. The largest absolute Gasteiger partial charge is 0.377 e. The summed E-state index contributed by atoms with van der Waals surface area (Å²) in [7, 11) is 2.02. The van der Waals surface area contributed by atoms with Crippen LogP contribution in [-0.2, 0) is 25.4 Å². The molecule has 0 atom stereocenters. The van der Waals surface area contributed by atoms with Crippen molar-refractivity contribution in [2.24, 2.45) is 7.05 Å². The third-order valence-electron chi connectivity index (χ3n) is 3.54. The Morgan fingerprint density at radius 2 is 1.75 bits per heavy atom. The Balaban J connectivity index is 2.17. The van der Waals surface area contributed by atoms with Gasteiger partial charge >= 0.3 is 0 Å². The van der Waals surface area contributed by atoms with Crippen molar-refractivity contribution in [2.45, 2.75) is 46.1 Å². The van der Waals surface area contributed by atoms with E-state index < -0.39 is 0 Å². The minimum atomic E-state index is 0.123. The lowest BCUT2D eigenvalue weighted by Gasteiger charge is -2.23. The Morgan fingerprint density at radius 3 is 2.35 bits per heavy atom. The van der Waals surface area contributed by atoms with E-state index in [-0.39, 0.29) is 5.41 Å². The van der Waals surface area contributed by atoms with Gasteiger partial charge in [0, 0.05) is 19.2 Å². The van der Waals surface area contributed by atoms with Gasteiger partial charge in [-0.2, -0.15) is 0 Å². The SMILES string of the molecule is CCc1nnc(CNc2ccccc2C(C)(C)C)n1C. The van der Waals surface area contributed by atoms with E-state index >= 15 is 0 Å². The van der Waals surface area contributed by atoms with Crippen molar-refractivity contribution in [1.82, 2.24) is 14.8 Å². The van der Waals surface area contributed by atoms with Crippen LogP contribution in [0.25, 0.3) is 0 Å². The molecule has 0 fully saturated rings. The molecule has 1 aromatic carbocycles. The molecule has 2 aromatic rings. The predicted molar refractivity (Wildman–Crippen MR) is 82.8 cm³/mol. The zero-order chi connectivity index (χ0) is 14.8. The Kier molecular flexibility index (Phi) is 4.12. The standard InChI is InChI=1S/C16H24N4/c1-6-14-18-19-15(20(14)5)11-17-13-10-8-7-9-12(13)16(2,3)4/h7-10,17H,6,11H2,1-5H3. The van der Waals surface area contributed by atoms with Crippen LogP contribution in [0, 0.1) is 0 Å². The average molecular weight is 272 g/mol. The number of para-hydroxylation sites is 1. The molecule has 2 rings (SSSR count). The first-order valence-corrected chi connectivity index (χ1v) is 7.14. The average Bonchev–Trinajstić information content (AvgIpc) is 2.76. The van der Waals surface area contributed by atoms with Crippen LogP contribution in [0.5, 0.6) is 0 Å². The summed E-state index contributed by atoms with van der Waals surface area (Å²) in [5, 5.41) is 11.9. The molecule has 0 amide bonds. The zero-order valence-corrected chi connectivity index (χ0v) is 13.1. The molecule has 0 unspecified atom stereocenters. The molecule has 0 aliphatic rings. The monoisotopic (exact) mass is 272 g/mol. The highest BCUT2D eigenvalue weighted by molar-refractivity contribution is 5.54. The molecule has 0 aliphatic heterocycles. The summed E-state index contributed by atoms with van der Waals surface area (Å²) >= 11 is 0. The second-order valence-electron chi connectivity index (χ2n) is 6.09. The number of aryl methyl sites for hydroxylation is 1. The van der Waals surface area contributed by atoms with Crippen LogP contribution >= 0.6 is 0 Å². The molecule has 1 heterocycles. The summed E-state index contributed by atoms with van der Waals surface area (Å²) in [6.45, 7) is 9.47. The highest BCUT2D eigenvalue weighted by Crippen LogP contribution is 2.29. The quantitative estimate of drug-likeness (QED) is 0.928. The fourth-order valence-corrected chi connectivity index (χ4v) is 2.33. The fraction of sp³-hybridized carbons (Fsp3) is 0.500. The van der Waals surface area contributed by atoms with Crippen LogP contribution in [0.15, 0.2) is 24.3 Å². The molecule has 20 heavy (non-hydrogen) atoms. The van der Waals surface area contributed by atoms with Gasteiger partial charge in [-0.15, -0.1) is 10.2 Å². The van der Waals surface area contributed by atoms with Crippen LogP contribution in [0.2, 0.25) is 0 Å². The van der Waals surface area contributed by atoms with Gasteiger partial charge < -0.3 is 9.88 Å². The molecular formula is C16H24N4. The third kappa shape index (κ3) is 3.00. The van der Waals surface area contributed by atoms with E-state index in [0.717, 1.165) is 18.1 Å². The summed E-state index contributed by atoms with van der Waals surface area (Å²) in [6.07, 6.45) is 0.905. The number of hydrogen-bond donors (Lipinski definition) is 1. The van der Waals surface area contributed by atoms with Gasteiger partial charge in [0.2, 0.25) is 0 Å². The van der Waals surface area contributed by atoms with Gasteiger partial charge in [0.1, 0.15) is 5.82 Å². The van der Waals surface area contributed by atoms with Gasteiger partial charge in [0.05, 0.1) is 6.54 Å². The zero-order valence-electron chi connectivity index (χ0n) is 13.1. The summed E-state index contributed by atoms with van der Waals surface area (Å²) in [6, 6.07) is 8.45. The minimum absolute atomic E-state index is 0.123. The van der Waals surface area contributed by atoms with Crippen LogP contribution in [0.1, 0.15) is 44.9 Å². The molecule has 1 aromatic heterocycles. The predicted octanol–water partition coefficient (Wildman–Crippen LogP) is 3.29. The number of nitrogens with one attached hydrogen (secondary N) is 1. The maximum Gasteiger partial charge on any atom is 0.152 e. The van der Waals surface area contributed by atoms with Gasteiger partial charge in [-0.05, 0) is 17.0 Å². The van der Waals surface area contributed by atoms with E-state index in [1.807, 2.05) is 7.05 Å². The molecule has 0 saturated heterocycles. The number of rotatable bonds is 4. The van der Waals surface area contributed by atoms with Gasteiger partial charge in [-0.25, -0.2) is 0 Å². The summed E-state index contributed by atoms with van der Waals surface area (Å²) < 4.78 is 2.06. The van der Waals surface area contributed by atoms with Gasteiger partial charge in [-0.3, -0.25) is 0 Å². The first-order valence-electron chi connectivity index (χ1n) is 7.14. The van der Waals surface area contributed by atoms with E-state index in [4.69, 9.17) is 0 Å². The number of benzene rings is 1. The first kappa shape index (κ1) is 14.6. The third-order valence-corrected chi connectivity index (χ3v) is 3.54. The molecule has 0 aliphatic carbocycles. The summed E-state index contributed by atoms with van der Waals surface area (Å²) in [5.41, 5.74) is 2.61. The van der Waals surface area contributed by atoms with Gasteiger partial charge in [-0.1, -0.05) is 45.9 Å². The second kappa shape index (κ2) is 5.65. The van der Waals surface area contributed by atoms with Crippen LogP contribution in [0.4, 0.5) is 5.69 Å². The number of aromatic nitrogens is 3. The van der Waals surface area contributed by atoms with Crippen LogP contribution in [-0.4, -0.2) is 14.8 Å². The van der Waals surface area contributed by atoms with Crippen molar-refractivity contribution < 1.29 is 0 Å². The van der Waals surface area contributed by atoms with E-state index in [9.17, 15) is 0 Å². The summed E-state index contributed by atoms with van der Waals surface area (Å²) in [4.78, 5) is 0. The summed E-state index contributed by atoms with van der Waals surface area (Å²) in [5.74, 6) is 1.98. The molecule has 4 nitrogen and oxygen atoms in total. The van der Waals surface area contributed by atoms with Crippen molar-refractivity contribution in [1.29, 1.82) is 0 Å². The number of hydrogen-bond acceptors (Lipinski definition) is 3. The van der Waals surface area contributed by atoms with Crippen molar-refractivity contribution >= 4 is 5.69 Å². The molecule has 0 radical (unpaired) electrons. The number of anilines is 1. The van der Waals surface area contributed by atoms with Crippen LogP contribution in [0.3, 0.4) is 0 Å². The number of nitrogens with zero attached hydrogens (tertiary/aromatic N) is 3. The van der Waals surface area contributed by atoms with E-state index in [2.05, 4.69) is 72.0 Å². The fourth-order valence-electron chi connectivity index (χ4n) is 2.33. The second-order valence-corrected chi connectivity index (χ2v) is 6.09. The van der Waals surface area contributed by atoms with E-state index in [1.165, 1.54) is 11.3 Å².